The molecule has 0 spiro atoms. The molecule has 0 radical (unpaired) electrons. The Morgan fingerprint density at radius 2 is 2.05 bits per heavy atom. The first kappa shape index (κ1) is 16.5. The number of aryl methyl sites for hydroxylation is 1. The first-order valence-corrected chi connectivity index (χ1v) is 6.37. The van der Waals surface area contributed by atoms with E-state index in [-0.39, 0.29) is 24.5 Å². The molecule has 1 aromatic carbocycles. The quantitative estimate of drug-likeness (QED) is 0.646. The summed E-state index contributed by atoms with van der Waals surface area (Å²) in [5.74, 6) is -0.320. The fourth-order valence-electron chi connectivity index (χ4n) is 1.74. The Morgan fingerprint density at radius 1 is 1.35 bits per heavy atom. The maximum absolute atomic E-state index is 12.7. The summed E-state index contributed by atoms with van der Waals surface area (Å²) in [7, 11) is 0. The van der Waals surface area contributed by atoms with Crippen LogP contribution in [0, 0.1) is 6.92 Å². The minimum atomic E-state index is -4.34. The highest BCUT2D eigenvalue weighted by molar-refractivity contribution is 5.69. The minimum absolute atomic E-state index is 0.200. The van der Waals surface area contributed by atoms with Crippen molar-refractivity contribution in [2.45, 2.75) is 33.0 Å². The van der Waals surface area contributed by atoms with Crippen molar-refractivity contribution in [3.8, 4) is 0 Å². The van der Waals surface area contributed by atoms with E-state index in [2.05, 4.69) is 5.32 Å². The number of hydrogen-bond acceptors (Lipinski definition) is 3. The second-order valence-corrected chi connectivity index (χ2v) is 4.38. The van der Waals surface area contributed by atoms with Crippen LogP contribution in [-0.2, 0) is 22.3 Å². The lowest BCUT2D eigenvalue weighted by molar-refractivity contribution is -0.143. The Kier molecular flexibility index (Phi) is 6.01. The second-order valence-electron chi connectivity index (χ2n) is 4.38. The van der Waals surface area contributed by atoms with Crippen LogP contribution in [0.3, 0.4) is 0 Å². The van der Waals surface area contributed by atoms with Gasteiger partial charge in [0.1, 0.15) is 0 Å². The van der Waals surface area contributed by atoms with E-state index >= 15 is 0 Å². The van der Waals surface area contributed by atoms with Crippen LogP contribution >= 0.6 is 0 Å². The summed E-state index contributed by atoms with van der Waals surface area (Å²) in [6, 6.07) is 4.22. The lowest BCUT2D eigenvalue weighted by atomic mass is 10.0. The number of rotatable bonds is 6. The van der Waals surface area contributed by atoms with Gasteiger partial charge in [-0.3, -0.25) is 4.79 Å². The molecule has 0 aliphatic rings. The van der Waals surface area contributed by atoms with Crippen LogP contribution in [0.1, 0.15) is 30.0 Å². The topological polar surface area (TPSA) is 38.3 Å². The SMILES string of the molecule is CCOC(=O)CCNCc1ccc(C)c(C(F)(F)F)c1. The minimum Gasteiger partial charge on any atom is -0.466 e. The van der Waals surface area contributed by atoms with Crippen LogP contribution in [0.4, 0.5) is 13.2 Å². The molecule has 0 bridgehead atoms. The fourth-order valence-corrected chi connectivity index (χ4v) is 1.74. The van der Waals surface area contributed by atoms with Gasteiger partial charge in [0.05, 0.1) is 18.6 Å². The van der Waals surface area contributed by atoms with E-state index in [9.17, 15) is 18.0 Å². The highest BCUT2D eigenvalue weighted by Crippen LogP contribution is 2.32. The molecule has 1 N–H and O–H groups in total. The molecule has 3 nitrogen and oxygen atoms in total. The molecule has 20 heavy (non-hydrogen) atoms. The van der Waals surface area contributed by atoms with Gasteiger partial charge in [0.15, 0.2) is 0 Å². The van der Waals surface area contributed by atoms with E-state index in [1.54, 1.807) is 13.0 Å². The maximum atomic E-state index is 12.7. The summed E-state index contributed by atoms with van der Waals surface area (Å²) in [4.78, 5) is 11.1. The summed E-state index contributed by atoms with van der Waals surface area (Å²) >= 11 is 0. The Bertz CT molecular complexity index is 458. The van der Waals surface area contributed by atoms with Gasteiger partial charge in [-0.1, -0.05) is 12.1 Å². The van der Waals surface area contributed by atoms with Crippen LogP contribution in [0.5, 0.6) is 0 Å². The number of carbonyl (C=O) groups excluding carboxylic acids is 1. The molecule has 0 aromatic heterocycles. The van der Waals surface area contributed by atoms with Gasteiger partial charge in [-0.25, -0.2) is 0 Å². The number of nitrogens with one attached hydrogen (secondary N) is 1. The second kappa shape index (κ2) is 7.28. The predicted molar refractivity (Wildman–Crippen MR) is 69.1 cm³/mol. The summed E-state index contributed by atoms with van der Waals surface area (Å²) in [6.07, 6.45) is -4.14. The van der Waals surface area contributed by atoms with E-state index < -0.39 is 11.7 Å². The Hall–Kier alpha value is -1.56. The van der Waals surface area contributed by atoms with Crippen LogP contribution in [0.25, 0.3) is 0 Å². The normalized spacial score (nSPS) is 11.4. The summed E-state index contributed by atoms with van der Waals surface area (Å²) in [5, 5.41) is 2.92. The van der Waals surface area contributed by atoms with E-state index in [4.69, 9.17) is 4.74 Å². The van der Waals surface area contributed by atoms with Gasteiger partial charge >= 0.3 is 12.1 Å². The summed E-state index contributed by atoms with van der Waals surface area (Å²) < 4.78 is 42.9. The van der Waals surface area contributed by atoms with Crippen LogP contribution in [0.15, 0.2) is 18.2 Å². The van der Waals surface area contributed by atoms with Gasteiger partial charge in [-0.2, -0.15) is 13.2 Å². The van der Waals surface area contributed by atoms with Gasteiger partial charge in [-0.05, 0) is 31.0 Å². The van der Waals surface area contributed by atoms with Gasteiger partial charge < -0.3 is 10.1 Å². The van der Waals surface area contributed by atoms with Crippen molar-refractivity contribution < 1.29 is 22.7 Å². The maximum Gasteiger partial charge on any atom is 0.416 e. The predicted octanol–water partition coefficient (Wildman–Crippen LogP) is 3.06. The van der Waals surface area contributed by atoms with E-state index in [0.717, 1.165) is 6.07 Å². The van der Waals surface area contributed by atoms with Crippen LogP contribution in [-0.4, -0.2) is 19.1 Å². The molecular weight excluding hydrogens is 271 g/mol. The number of halogens is 3. The molecule has 6 heteroatoms. The van der Waals surface area contributed by atoms with Crippen LogP contribution < -0.4 is 5.32 Å². The third-order valence-corrected chi connectivity index (χ3v) is 2.75. The van der Waals surface area contributed by atoms with Crippen LogP contribution in [0.2, 0.25) is 0 Å². The average molecular weight is 289 g/mol. The molecule has 112 valence electrons. The number of ether oxygens (including phenoxy) is 1. The molecule has 0 saturated carbocycles. The Labute approximate surface area is 116 Å². The van der Waals surface area contributed by atoms with E-state index in [1.165, 1.54) is 13.0 Å². The Morgan fingerprint density at radius 3 is 2.65 bits per heavy atom. The van der Waals surface area contributed by atoms with Gasteiger partial charge in [-0.15, -0.1) is 0 Å². The summed E-state index contributed by atoms with van der Waals surface area (Å²) in [5.41, 5.74) is 0.113. The fraction of sp³-hybridized carbons (Fsp3) is 0.500. The van der Waals surface area contributed by atoms with E-state index in [0.29, 0.717) is 18.7 Å². The third kappa shape index (κ3) is 5.21. The molecule has 0 heterocycles. The number of alkyl halides is 3. The first-order valence-electron chi connectivity index (χ1n) is 6.37. The van der Waals surface area contributed by atoms with Crippen molar-refractivity contribution in [1.29, 1.82) is 0 Å². The monoisotopic (exact) mass is 289 g/mol. The molecule has 0 saturated heterocycles. The molecule has 1 rings (SSSR count). The number of esters is 1. The highest BCUT2D eigenvalue weighted by Gasteiger charge is 2.32. The molecule has 0 fully saturated rings. The standard InChI is InChI=1S/C14H18F3NO2/c1-3-20-13(19)6-7-18-9-11-5-4-10(2)12(8-11)14(15,16)17/h4-5,8,18H,3,6-7,9H2,1-2H3. The number of hydrogen-bond donors (Lipinski definition) is 1. The first-order chi connectivity index (χ1) is 9.34. The van der Waals surface area contributed by atoms with Crippen molar-refractivity contribution in [3.05, 3.63) is 34.9 Å². The number of benzene rings is 1. The summed E-state index contributed by atoms with van der Waals surface area (Å²) in [6.45, 7) is 4.12. The van der Waals surface area contributed by atoms with Crippen molar-refractivity contribution in [2.75, 3.05) is 13.2 Å². The molecule has 0 atom stereocenters. The van der Waals surface area contributed by atoms with Gasteiger partial charge in [0, 0.05) is 13.1 Å². The van der Waals surface area contributed by atoms with Crippen molar-refractivity contribution >= 4 is 5.97 Å². The largest absolute Gasteiger partial charge is 0.466 e. The van der Waals surface area contributed by atoms with Gasteiger partial charge in [0.2, 0.25) is 0 Å². The zero-order valence-electron chi connectivity index (χ0n) is 11.5. The Balaban J connectivity index is 2.51. The molecule has 1 aromatic rings. The lowest BCUT2D eigenvalue weighted by Crippen LogP contribution is -2.19. The molecule has 0 aliphatic heterocycles. The molecule has 0 amide bonds. The van der Waals surface area contributed by atoms with Crippen molar-refractivity contribution in [1.82, 2.24) is 5.32 Å². The third-order valence-electron chi connectivity index (χ3n) is 2.75. The molecule has 0 unspecified atom stereocenters. The smallest absolute Gasteiger partial charge is 0.416 e. The zero-order chi connectivity index (χ0) is 15.2. The average Bonchev–Trinajstić information content (AvgIpc) is 2.35. The highest BCUT2D eigenvalue weighted by atomic mass is 19.4. The van der Waals surface area contributed by atoms with E-state index in [1.807, 2.05) is 0 Å². The zero-order valence-corrected chi connectivity index (χ0v) is 11.5. The van der Waals surface area contributed by atoms with Crippen molar-refractivity contribution in [2.24, 2.45) is 0 Å². The van der Waals surface area contributed by atoms with Crippen molar-refractivity contribution in [3.63, 3.8) is 0 Å². The van der Waals surface area contributed by atoms with Gasteiger partial charge in [0.25, 0.3) is 0 Å². The number of carbonyl (C=O) groups is 1. The lowest BCUT2D eigenvalue weighted by Gasteiger charge is -2.12. The molecular formula is C14H18F3NO2. The molecule has 0 aliphatic carbocycles.